The second kappa shape index (κ2) is 8.12. The highest BCUT2D eigenvalue weighted by Gasteiger charge is 2.16. The van der Waals surface area contributed by atoms with Crippen molar-refractivity contribution in [3.05, 3.63) is 29.8 Å². The highest BCUT2D eigenvalue weighted by atomic mass is 16.5. The molecule has 1 aliphatic rings. The van der Waals surface area contributed by atoms with Crippen molar-refractivity contribution >= 4 is 11.5 Å². The summed E-state index contributed by atoms with van der Waals surface area (Å²) >= 11 is 0. The van der Waals surface area contributed by atoms with Gasteiger partial charge in [0.05, 0.1) is 11.8 Å². The lowest BCUT2D eigenvalue weighted by Gasteiger charge is -2.28. The van der Waals surface area contributed by atoms with Gasteiger partial charge >= 0.3 is 0 Å². The van der Waals surface area contributed by atoms with E-state index in [0.29, 0.717) is 12.3 Å². The summed E-state index contributed by atoms with van der Waals surface area (Å²) in [6.45, 7) is 4.59. The molecule has 0 bridgehead atoms. The number of nitrogens with zero attached hydrogens (tertiary/aromatic N) is 2. The predicted molar refractivity (Wildman–Crippen MR) is 84.1 cm³/mol. The van der Waals surface area contributed by atoms with Crippen LogP contribution in [0.1, 0.15) is 31.7 Å². The summed E-state index contributed by atoms with van der Waals surface area (Å²) in [4.78, 5) is 6.64. The lowest BCUT2D eigenvalue weighted by Crippen LogP contribution is -2.37. The van der Waals surface area contributed by atoms with E-state index >= 15 is 0 Å². The van der Waals surface area contributed by atoms with Crippen molar-refractivity contribution < 1.29 is 10.3 Å². The summed E-state index contributed by atoms with van der Waals surface area (Å²) < 4.78 is 0. The Labute approximate surface area is 126 Å². The summed E-state index contributed by atoms with van der Waals surface area (Å²) in [5.41, 5.74) is 3.82. The average molecular weight is 291 g/mol. The number of amidine groups is 1. The standard InChI is InChI=1S/C16H25N3O2/c1-13(18-21)17-16-8-4-3-7-14(16)11-15(20)12-19-9-5-2-6-10-19/h3-4,7-8,15,20-21H,2,5-6,9-12H2,1H3,(H,17,18). The molecule has 0 aromatic heterocycles. The Kier molecular flexibility index (Phi) is 6.17. The van der Waals surface area contributed by atoms with Crippen molar-refractivity contribution in [2.45, 2.75) is 38.7 Å². The van der Waals surface area contributed by atoms with E-state index in [-0.39, 0.29) is 6.10 Å². The monoisotopic (exact) mass is 291 g/mol. The first-order valence-electron chi connectivity index (χ1n) is 7.63. The summed E-state index contributed by atoms with van der Waals surface area (Å²) in [5.74, 6) is 0.438. The fraction of sp³-hybridized carbons (Fsp3) is 0.562. The largest absolute Gasteiger partial charge is 0.391 e. The molecule has 1 aliphatic heterocycles. The minimum absolute atomic E-state index is 0.387. The maximum Gasteiger partial charge on any atom is 0.123 e. The van der Waals surface area contributed by atoms with Crippen molar-refractivity contribution in [1.29, 1.82) is 0 Å². The number of rotatable bonds is 5. The van der Waals surface area contributed by atoms with Crippen LogP contribution in [0.15, 0.2) is 29.3 Å². The van der Waals surface area contributed by atoms with Gasteiger partial charge in [0, 0.05) is 13.0 Å². The quantitative estimate of drug-likeness (QED) is 0.441. The Balaban J connectivity index is 1.98. The van der Waals surface area contributed by atoms with Gasteiger partial charge in [-0.2, -0.15) is 0 Å². The number of hydrogen-bond donors (Lipinski definition) is 3. The number of nitrogens with one attached hydrogen (secondary N) is 1. The van der Waals surface area contributed by atoms with Gasteiger partial charge in [0.2, 0.25) is 0 Å². The zero-order valence-corrected chi connectivity index (χ0v) is 12.6. The van der Waals surface area contributed by atoms with E-state index in [0.717, 1.165) is 30.9 Å². The maximum absolute atomic E-state index is 10.3. The van der Waals surface area contributed by atoms with Crippen LogP contribution < -0.4 is 5.48 Å². The summed E-state index contributed by atoms with van der Waals surface area (Å²) in [7, 11) is 0. The van der Waals surface area contributed by atoms with Crippen LogP contribution in [0, 0.1) is 0 Å². The SMILES string of the molecule is CC(=Nc1ccccc1CC(O)CN1CCCCC1)NO. The van der Waals surface area contributed by atoms with Gasteiger partial charge < -0.3 is 10.0 Å². The third kappa shape index (κ3) is 5.12. The molecule has 1 atom stereocenters. The lowest BCUT2D eigenvalue weighted by molar-refractivity contribution is 0.101. The molecule has 0 spiro atoms. The molecular formula is C16H25N3O2. The zero-order valence-electron chi connectivity index (χ0n) is 12.6. The fourth-order valence-electron chi connectivity index (χ4n) is 2.76. The van der Waals surface area contributed by atoms with Crippen LogP contribution in [0.4, 0.5) is 5.69 Å². The van der Waals surface area contributed by atoms with Gasteiger partial charge in [-0.3, -0.25) is 10.7 Å². The van der Waals surface area contributed by atoms with E-state index in [1.54, 1.807) is 6.92 Å². The maximum atomic E-state index is 10.3. The number of piperidine rings is 1. The molecule has 5 heteroatoms. The van der Waals surface area contributed by atoms with Gasteiger partial charge in [-0.25, -0.2) is 4.99 Å². The summed E-state index contributed by atoms with van der Waals surface area (Å²) in [6.07, 6.45) is 3.96. The minimum Gasteiger partial charge on any atom is -0.391 e. The van der Waals surface area contributed by atoms with Crippen LogP contribution in [0.3, 0.4) is 0 Å². The Morgan fingerprint density at radius 2 is 2.00 bits per heavy atom. The molecule has 5 nitrogen and oxygen atoms in total. The van der Waals surface area contributed by atoms with E-state index in [2.05, 4.69) is 9.89 Å². The Bertz CT molecular complexity index is 470. The molecule has 3 N–H and O–H groups in total. The van der Waals surface area contributed by atoms with Crippen LogP contribution in [0.5, 0.6) is 0 Å². The molecule has 1 heterocycles. The Morgan fingerprint density at radius 3 is 2.71 bits per heavy atom. The third-order valence-electron chi connectivity index (χ3n) is 3.81. The third-order valence-corrected chi connectivity index (χ3v) is 3.81. The first-order valence-corrected chi connectivity index (χ1v) is 7.63. The Morgan fingerprint density at radius 1 is 1.29 bits per heavy atom. The number of β-amino-alcohol motifs (C(OH)–C–C–N with tert-alkyl or cyclic N) is 1. The van der Waals surface area contributed by atoms with Crippen LogP contribution in [0.2, 0.25) is 0 Å². The van der Waals surface area contributed by atoms with Gasteiger partial charge in [-0.15, -0.1) is 0 Å². The molecule has 0 saturated carbocycles. The normalized spacial score (nSPS) is 18.5. The molecule has 21 heavy (non-hydrogen) atoms. The molecule has 1 aromatic rings. The number of likely N-dealkylation sites (tertiary alicyclic amines) is 1. The van der Waals surface area contributed by atoms with E-state index in [4.69, 9.17) is 5.21 Å². The zero-order chi connectivity index (χ0) is 15.1. The molecule has 1 saturated heterocycles. The molecule has 0 aliphatic carbocycles. The van der Waals surface area contributed by atoms with Crippen LogP contribution >= 0.6 is 0 Å². The highest BCUT2D eigenvalue weighted by molar-refractivity contribution is 5.81. The minimum atomic E-state index is -0.387. The van der Waals surface area contributed by atoms with Crippen LogP contribution in [-0.4, -0.2) is 46.8 Å². The fourth-order valence-corrected chi connectivity index (χ4v) is 2.76. The highest BCUT2D eigenvalue weighted by Crippen LogP contribution is 2.21. The van der Waals surface area contributed by atoms with E-state index in [1.165, 1.54) is 19.3 Å². The number of aliphatic imine (C=N–C) groups is 1. The van der Waals surface area contributed by atoms with E-state index in [9.17, 15) is 5.11 Å². The number of hydroxylamine groups is 1. The number of hydrogen-bond acceptors (Lipinski definition) is 4. The van der Waals surface area contributed by atoms with Crippen molar-refractivity contribution in [1.82, 2.24) is 10.4 Å². The topological polar surface area (TPSA) is 68.1 Å². The van der Waals surface area contributed by atoms with E-state index < -0.39 is 0 Å². The lowest BCUT2D eigenvalue weighted by atomic mass is 10.0. The number of aliphatic hydroxyl groups excluding tert-OH is 1. The second-order valence-corrected chi connectivity index (χ2v) is 5.66. The number of para-hydroxylation sites is 1. The second-order valence-electron chi connectivity index (χ2n) is 5.66. The molecule has 0 radical (unpaired) electrons. The van der Waals surface area contributed by atoms with Crippen molar-refractivity contribution in [3.8, 4) is 0 Å². The first kappa shape index (κ1) is 15.9. The van der Waals surface area contributed by atoms with Crippen LogP contribution in [0.25, 0.3) is 0 Å². The molecule has 0 amide bonds. The molecule has 1 aromatic carbocycles. The first-order chi connectivity index (χ1) is 10.2. The molecule has 2 rings (SSSR count). The number of aliphatic hydroxyl groups is 1. The molecular weight excluding hydrogens is 266 g/mol. The smallest absolute Gasteiger partial charge is 0.123 e. The van der Waals surface area contributed by atoms with Crippen LogP contribution in [-0.2, 0) is 6.42 Å². The van der Waals surface area contributed by atoms with Crippen molar-refractivity contribution in [2.75, 3.05) is 19.6 Å². The van der Waals surface area contributed by atoms with Crippen molar-refractivity contribution in [2.24, 2.45) is 4.99 Å². The van der Waals surface area contributed by atoms with Gasteiger partial charge in [0.25, 0.3) is 0 Å². The molecule has 1 fully saturated rings. The van der Waals surface area contributed by atoms with Gasteiger partial charge in [0.1, 0.15) is 5.84 Å². The van der Waals surface area contributed by atoms with Gasteiger partial charge in [-0.05, 0) is 44.5 Å². The van der Waals surface area contributed by atoms with Gasteiger partial charge in [-0.1, -0.05) is 24.6 Å². The molecule has 1 unspecified atom stereocenters. The predicted octanol–water partition coefficient (Wildman–Crippen LogP) is 2.10. The van der Waals surface area contributed by atoms with Gasteiger partial charge in [0.15, 0.2) is 0 Å². The molecule has 116 valence electrons. The Hall–Kier alpha value is -1.43. The van der Waals surface area contributed by atoms with Crippen molar-refractivity contribution in [3.63, 3.8) is 0 Å². The summed E-state index contributed by atoms with van der Waals surface area (Å²) in [5, 5.41) is 19.2. The number of benzene rings is 1. The summed E-state index contributed by atoms with van der Waals surface area (Å²) in [6, 6.07) is 7.72. The van der Waals surface area contributed by atoms with E-state index in [1.807, 2.05) is 29.7 Å². The average Bonchev–Trinajstić information content (AvgIpc) is 2.50.